The molecule has 1 aliphatic rings. The minimum atomic E-state index is -0.101. The molecule has 0 saturated carbocycles. The Kier molecular flexibility index (Phi) is 4.16. The third-order valence-corrected chi connectivity index (χ3v) is 3.02. The Morgan fingerprint density at radius 1 is 1.63 bits per heavy atom. The molecule has 2 amide bonds. The first-order valence-electron chi connectivity index (χ1n) is 6.21. The molecule has 1 aromatic heterocycles. The second kappa shape index (κ2) is 5.83. The summed E-state index contributed by atoms with van der Waals surface area (Å²) in [5.41, 5.74) is 0.708. The second-order valence-electron chi connectivity index (χ2n) is 4.67. The van der Waals surface area contributed by atoms with Crippen LogP contribution in [0.1, 0.15) is 11.5 Å². The Morgan fingerprint density at radius 3 is 3.05 bits per heavy atom. The van der Waals surface area contributed by atoms with Crippen LogP contribution >= 0.6 is 0 Å². The Bertz CT molecular complexity index is 471. The monoisotopic (exact) mass is 266 g/mol. The van der Waals surface area contributed by atoms with Crippen molar-refractivity contribution >= 4 is 11.8 Å². The minimum absolute atomic E-state index is 0.0368. The van der Waals surface area contributed by atoms with Crippen molar-refractivity contribution in [2.24, 2.45) is 0 Å². The fraction of sp³-hybridized carbons (Fsp3) is 0.583. The third-order valence-electron chi connectivity index (χ3n) is 3.02. The van der Waals surface area contributed by atoms with E-state index in [1.165, 1.54) is 0 Å². The molecular formula is C12H18N4O3. The Morgan fingerprint density at radius 2 is 2.42 bits per heavy atom. The molecule has 2 rings (SSSR count). The van der Waals surface area contributed by atoms with Gasteiger partial charge in [-0.25, -0.2) is 0 Å². The summed E-state index contributed by atoms with van der Waals surface area (Å²) in [6, 6.07) is 1.79. The van der Waals surface area contributed by atoms with Gasteiger partial charge in [-0.15, -0.1) is 0 Å². The second-order valence-corrected chi connectivity index (χ2v) is 4.67. The number of aromatic nitrogens is 1. The molecule has 7 heteroatoms. The van der Waals surface area contributed by atoms with Crippen LogP contribution in [0.5, 0.6) is 0 Å². The lowest BCUT2D eigenvalue weighted by molar-refractivity contribution is -0.140. The summed E-state index contributed by atoms with van der Waals surface area (Å²) < 4.78 is 4.95. The van der Waals surface area contributed by atoms with Crippen LogP contribution in [0.15, 0.2) is 10.6 Å². The van der Waals surface area contributed by atoms with E-state index in [9.17, 15) is 9.59 Å². The van der Waals surface area contributed by atoms with Crippen molar-refractivity contribution < 1.29 is 14.1 Å². The highest BCUT2D eigenvalue weighted by molar-refractivity contribution is 5.86. The molecule has 0 aliphatic carbocycles. The number of rotatable bonds is 4. The van der Waals surface area contributed by atoms with Gasteiger partial charge >= 0.3 is 0 Å². The molecule has 1 fully saturated rings. The Hall–Kier alpha value is -1.89. The predicted molar refractivity (Wildman–Crippen MR) is 67.2 cm³/mol. The normalized spacial score (nSPS) is 15.7. The zero-order valence-electron chi connectivity index (χ0n) is 11.2. The molecule has 1 N–H and O–H groups in total. The lowest BCUT2D eigenvalue weighted by Crippen LogP contribution is -2.51. The number of piperazine rings is 1. The summed E-state index contributed by atoms with van der Waals surface area (Å²) in [5.74, 6) is 0.578. The van der Waals surface area contributed by atoms with Crippen molar-refractivity contribution in [2.45, 2.75) is 13.5 Å². The molecule has 0 radical (unpaired) electrons. The van der Waals surface area contributed by atoms with Crippen molar-refractivity contribution in [1.29, 1.82) is 0 Å². The van der Waals surface area contributed by atoms with Crippen LogP contribution in [-0.2, 0) is 16.1 Å². The van der Waals surface area contributed by atoms with Crippen molar-refractivity contribution in [3.05, 3.63) is 17.5 Å². The van der Waals surface area contributed by atoms with Gasteiger partial charge in [-0.1, -0.05) is 5.16 Å². The van der Waals surface area contributed by atoms with Crippen LogP contribution in [0.2, 0.25) is 0 Å². The molecule has 1 aromatic rings. The van der Waals surface area contributed by atoms with Crippen molar-refractivity contribution in [3.8, 4) is 0 Å². The van der Waals surface area contributed by atoms with Crippen LogP contribution in [0.3, 0.4) is 0 Å². The maximum absolute atomic E-state index is 12.0. The van der Waals surface area contributed by atoms with Gasteiger partial charge < -0.3 is 19.6 Å². The number of hydrogen-bond donors (Lipinski definition) is 1. The summed E-state index contributed by atoms with van der Waals surface area (Å²) in [6.07, 6.45) is 0. The average molecular weight is 266 g/mol. The van der Waals surface area contributed by atoms with Gasteiger partial charge in [-0.3, -0.25) is 9.59 Å². The zero-order valence-corrected chi connectivity index (χ0v) is 11.2. The van der Waals surface area contributed by atoms with Crippen LogP contribution in [0, 0.1) is 6.92 Å². The van der Waals surface area contributed by atoms with E-state index in [1.54, 1.807) is 29.8 Å². The molecule has 1 saturated heterocycles. The first kappa shape index (κ1) is 13.5. The van der Waals surface area contributed by atoms with Gasteiger partial charge in [0.25, 0.3) is 0 Å². The van der Waals surface area contributed by atoms with Crippen LogP contribution in [0.25, 0.3) is 0 Å². The molecule has 7 nitrogen and oxygen atoms in total. The highest BCUT2D eigenvalue weighted by Gasteiger charge is 2.22. The van der Waals surface area contributed by atoms with E-state index in [4.69, 9.17) is 4.52 Å². The maximum Gasteiger partial charge on any atom is 0.242 e. The molecular weight excluding hydrogens is 248 g/mol. The number of nitrogens with zero attached hydrogens (tertiary/aromatic N) is 3. The Balaban J connectivity index is 1.86. The highest BCUT2D eigenvalue weighted by atomic mass is 16.5. The number of aryl methyl sites for hydroxylation is 1. The van der Waals surface area contributed by atoms with Gasteiger partial charge in [0.05, 0.1) is 19.6 Å². The van der Waals surface area contributed by atoms with Crippen molar-refractivity contribution in [2.75, 3.05) is 33.2 Å². The van der Waals surface area contributed by atoms with E-state index in [0.717, 1.165) is 6.54 Å². The number of carbonyl (C=O) groups excluding carboxylic acids is 2. The van der Waals surface area contributed by atoms with E-state index in [0.29, 0.717) is 31.1 Å². The molecule has 2 heterocycles. The SMILES string of the molecule is Cc1cc(CN(C)C(=O)CN2CCNCC2=O)no1. The van der Waals surface area contributed by atoms with E-state index >= 15 is 0 Å². The van der Waals surface area contributed by atoms with Crippen molar-refractivity contribution in [1.82, 2.24) is 20.3 Å². The summed E-state index contributed by atoms with van der Waals surface area (Å²) in [6.45, 7) is 3.91. The zero-order chi connectivity index (χ0) is 13.8. The molecule has 0 spiro atoms. The maximum atomic E-state index is 12.0. The molecule has 1 aliphatic heterocycles. The van der Waals surface area contributed by atoms with Crippen LogP contribution in [0.4, 0.5) is 0 Å². The van der Waals surface area contributed by atoms with Gasteiger partial charge in [0.15, 0.2) is 0 Å². The lowest BCUT2D eigenvalue weighted by atomic mass is 10.3. The summed E-state index contributed by atoms with van der Waals surface area (Å²) in [4.78, 5) is 26.7. The van der Waals surface area contributed by atoms with Gasteiger partial charge in [0.2, 0.25) is 11.8 Å². The quantitative estimate of drug-likeness (QED) is 0.785. The average Bonchev–Trinajstić information content (AvgIpc) is 2.77. The standard InChI is InChI=1S/C12H18N4O3/c1-9-5-10(14-19-9)7-15(2)12(18)8-16-4-3-13-6-11(16)17/h5,13H,3-4,6-8H2,1-2H3. The van der Waals surface area contributed by atoms with E-state index in [1.807, 2.05) is 0 Å². The minimum Gasteiger partial charge on any atom is -0.361 e. The summed E-state index contributed by atoms with van der Waals surface area (Å²) in [7, 11) is 1.69. The molecule has 0 unspecified atom stereocenters. The molecule has 19 heavy (non-hydrogen) atoms. The number of nitrogens with one attached hydrogen (secondary N) is 1. The number of amides is 2. The van der Waals surface area contributed by atoms with E-state index < -0.39 is 0 Å². The van der Waals surface area contributed by atoms with Gasteiger partial charge in [-0.05, 0) is 6.92 Å². The van der Waals surface area contributed by atoms with Gasteiger partial charge in [0.1, 0.15) is 11.5 Å². The van der Waals surface area contributed by atoms with Crippen molar-refractivity contribution in [3.63, 3.8) is 0 Å². The van der Waals surface area contributed by atoms with Crippen LogP contribution < -0.4 is 5.32 Å². The lowest BCUT2D eigenvalue weighted by Gasteiger charge is -2.28. The largest absolute Gasteiger partial charge is 0.361 e. The molecule has 104 valence electrons. The number of likely N-dealkylation sites (N-methyl/N-ethyl adjacent to an activating group) is 1. The third kappa shape index (κ3) is 3.54. The predicted octanol–water partition coefficient (Wildman–Crippen LogP) is -0.627. The highest BCUT2D eigenvalue weighted by Crippen LogP contribution is 2.05. The van der Waals surface area contributed by atoms with Gasteiger partial charge in [0, 0.05) is 26.2 Å². The van der Waals surface area contributed by atoms with E-state index in [-0.39, 0.29) is 18.4 Å². The smallest absolute Gasteiger partial charge is 0.242 e. The summed E-state index contributed by atoms with van der Waals surface area (Å²) in [5, 5.41) is 6.81. The topological polar surface area (TPSA) is 78.7 Å². The van der Waals surface area contributed by atoms with E-state index in [2.05, 4.69) is 10.5 Å². The molecule has 0 aromatic carbocycles. The first-order chi connectivity index (χ1) is 9.06. The Labute approximate surface area is 111 Å². The fourth-order valence-electron chi connectivity index (χ4n) is 1.92. The van der Waals surface area contributed by atoms with Gasteiger partial charge in [-0.2, -0.15) is 0 Å². The molecule has 0 atom stereocenters. The molecule has 0 bridgehead atoms. The number of carbonyl (C=O) groups is 2. The number of hydrogen-bond acceptors (Lipinski definition) is 5. The first-order valence-corrected chi connectivity index (χ1v) is 6.21. The summed E-state index contributed by atoms with van der Waals surface area (Å²) >= 11 is 0. The van der Waals surface area contributed by atoms with Crippen LogP contribution in [-0.4, -0.2) is 60.0 Å². The fourth-order valence-corrected chi connectivity index (χ4v) is 1.92.